The lowest BCUT2D eigenvalue weighted by atomic mass is 10.2. The van der Waals surface area contributed by atoms with E-state index in [1.807, 2.05) is 12.1 Å². The van der Waals surface area contributed by atoms with Crippen LogP contribution in [-0.2, 0) is 6.42 Å². The first kappa shape index (κ1) is 13.2. The molecule has 1 unspecified atom stereocenters. The highest BCUT2D eigenvalue weighted by molar-refractivity contribution is 7.14. The number of aliphatic hydroxyl groups is 1. The maximum Gasteiger partial charge on any atom is 0.261 e. The number of carbonyl (C=O) groups is 1. The Morgan fingerprint density at radius 1 is 1.56 bits per heavy atom. The number of aliphatic hydroxyl groups excluding tert-OH is 1. The molecule has 0 aromatic carbocycles. The van der Waals surface area contributed by atoms with Gasteiger partial charge in [0.25, 0.3) is 5.91 Å². The predicted octanol–water partition coefficient (Wildman–Crippen LogP) is 2.20. The van der Waals surface area contributed by atoms with Crippen molar-refractivity contribution in [2.24, 2.45) is 0 Å². The summed E-state index contributed by atoms with van der Waals surface area (Å²) in [4.78, 5) is 13.7. The minimum absolute atomic E-state index is 0.00436. The maximum absolute atomic E-state index is 11.7. The molecule has 0 aliphatic rings. The fourth-order valence-electron chi connectivity index (χ4n) is 1.38. The number of aryl methyl sites for hydroxylation is 1. The average molecular weight is 241 g/mol. The highest BCUT2D eigenvalue weighted by Gasteiger charge is 2.07. The lowest BCUT2D eigenvalue weighted by Gasteiger charge is -2.05. The second-order valence-electron chi connectivity index (χ2n) is 3.87. The van der Waals surface area contributed by atoms with Crippen molar-refractivity contribution in [1.82, 2.24) is 5.32 Å². The van der Waals surface area contributed by atoms with Gasteiger partial charge in [0.1, 0.15) is 0 Å². The minimum Gasteiger partial charge on any atom is -0.393 e. The summed E-state index contributed by atoms with van der Waals surface area (Å²) in [6.07, 6.45) is 2.23. The van der Waals surface area contributed by atoms with Crippen molar-refractivity contribution in [3.63, 3.8) is 0 Å². The van der Waals surface area contributed by atoms with Crippen molar-refractivity contribution in [3.8, 4) is 0 Å². The van der Waals surface area contributed by atoms with Gasteiger partial charge in [-0.25, -0.2) is 0 Å². The Labute approximate surface area is 100 Å². The lowest BCUT2D eigenvalue weighted by Crippen LogP contribution is -2.24. The van der Waals surface area contributed by atoms with Crippen LogP contribution in [0.3, 0.4) is 0 Å². The third kappa shape index (κ3) is 4.33. The Bertz CT molecular complexity index is 334. The smallest absolute Gasteiger partial charge is 0.261 e. The fraction of sp³-hybridized carbons (Fsp3) is 0.583. The van der Waals surface area contributed by atoms with Crippen molar-refractivity contribution < 1.29 is 9.90 Å². The van der Waals surface area contributed by atoms with Gasteiger partial charge in [-0.3, -0.25) is 4.79 Å². The third-order valence-electron chi connectivity index (χ3n) is 2.32. The summed E-state index contributed by atoms with van der Waals surface area (Å²) >= 11 is 1.54. The summed E-state index contributed by atoms with van der Waals surface area (Å²) in [5.74, 6) is -0.00436. The van der Waals surface area contributed by atoms with E-state index < -0.39 is 0 Å². The van der Waals surface area contributed by atoms with Gasteiger partial charge in [0.05, 0.1) is 11.0 Å². The number of nitrogens with one attached hydrogen (secondary N) is 1. The first-order chi connectivity index (χ1) is 7.63. The Morgan fingerprint density at radius 3 is 2.88 bits per heavy atom. The summed E-state index contributed by atoms with van der Waals surface area (Å²) in [5, 5.41) is 11.9. The van der Waals surface area contributed by atoms with Crippen LogP contribution in [0, 0.1) is 0 Å². The third-order valence-corrected chi connectivity index (χ3v) is 3.55. The van der Waals surface area contributed by atoms with Gasteiger partial charge >= 0.3 is 0 Å². The monoisotopic (exact) mass is 241 g/mol. The fourth-order valence-corrected chi connectivity index (χ4v) is 2.24. The number of hydrogen-bond acceptors (Lipinski definition) is 3. The van der Waals surface area contributed by atoms with Crippen LogP contribution in [0.2, 0.25) is 0 Å². The van der Waals surface area contributed by atoms with Gasteiger partial charge in [-0.15, -0.1) is 11.3 Å². The summed E-state index contributed by atoms with van der Waals surface area (Å²) < 4.78 is 0. The molecule has 1 amide bonds. The molecule has 16 heavy (non-hydrogen) atoms. The molecular formula is C12H19NO2S. The van der Waals surface area contributed by atoms with Gasteiger partial charge in [0.2, 0.25) is 0 Å². The molecule has 1 aromatic rings. The van der Waals surface area contributed by atoms with Gasteiger partial charge in [-0.2, -0.15) is 0 Å². The number of amides is 1. The van der Waals surface area contributed by atoms with Crippen LogP contribution in [0.15, 0.2) is 12.1 Å². The van der Waals surface area contributed by atoms with E-state index in [1.165, 1.54) is 4.88 Å². The number of carbonyl (C=O) groups excluding carboxylic acids is 1. The van der Waals surface area contributed by atoms with E-state index in [9.17, 15) is 4.79 Å². The van der Waals surface area contributed by atoms with Crippen LogP contribution < -0.4 is 5.32 Å². The topological polar surface area (TPSA) is 49.3 Å². The van der Waals surface area contributed by atoms with Crippen LogP contribution in [0.1, 0.15) is 41.2 Å². The van der Waals surface area contributed by atoms with E-state index in [0.717, 1.165) is 24.1 Å². The molecule has 1 rings (SSSR count). The van der Waals surface area contributed by atoms with E-state index in [1.54, 1.807) is 18.3 Å². The highest BCUT2D eigenvalue weighted by atomic mass is 32.1. The molecule has 0 saturated heterocycles. The van der Waals surface area contributed by atoms with Gasteiger partial charge in [0, 0.05) is 11.4 Å². The van der Waals surface area contributed by atoms with Crippen molar-refractivity contribution in [1.29, 1.82) is 0 Å². The average Bonchev–Trinajstić information content (AvgIpc) is 2.72. The molecule has 0 saturated carbocycles. The molecular weight excluding hydrogens is 222 g/mol. The quantitative estimate of drug-likeness (QED) is 0.750. The molecule has 1 atom stereocenters. The molecule has 0 bridgehead atoms. The molecule has 0 spiro atoms. The first-order valence-electron chi connectivity index (χ1n) is 5.68. The second-order valence-corrected chi connectivity index (χ2v) is 5.03. The molecule has 2 N–H and O–H groups in total. The first-order valence-corrected chi connectivity index (χ1v) is 6.50. The van der Waals surface area contributed by atoms with E-state index in [2.05, 4.69) is 12.2 Å². The molecule has 0 radical (unpaired) electrons. The van der Waals surface area contributed by atoms with E-state index in [-0.39, 0.29) is 12.0 Å². The molecule has 0 aliphatic heterocycles. The van der Waals surface area contributed by atoms with Crippen LogP contribution in [0.4, 0.5) is 0 Å². The normalized spacial score (nSPS) is 12.4. The SMILES string of the molecule is CCc1ccc(C(=O)NCCCC(C)O)s1. The zero-order valence-electron chi connectivity index (χ0n) is 9.82. The second kappa shape index (κ2) is 6.66. The van der Waals surface area contributed by atoms with E-state index >= 15 is 0 Å². The summed E-state index contributed by atoms with van der Waals surface area (Å²) in [7, 11) is 0. The zero-order chi connectivity index (χ0) is 12.0. The maximum atomic E-state index is 11.7. The standard InChI is InChI=1S/C12H19NO2S/c1-3-10-6-7-11(16-10)12(15)13-8-4-5-9(2)14/h6-7,9,14H,3-5,8H2,1-2H3,(H,13,15). The van der Waals surface area contributed by atoms with Gasteiger partial charge in [0.15, 0.2) is 0 Å². The van der Waals surface area contributed by atoms with Crippen molar-refractivity contribution in [2.75, 3.05) is 6.54 Å². The lowest BCUT2D eigenvalue weighted by molar-refractivity contribution is 0.0953. The van der Waals surface area contributed by atoms with Crippen LogP contribution in [0.5, 0.6) is 0 Å². The van der Waals surface area contributed by atoms with Crippen molar-refractivity contribution in [2.45, 2.75) is 39.2 Å². The minimum atomic E-state index is -0.287. The molecule has 3 nitrogen and oxygen atoms in total. The number of thiophene rings is 1. The van der Waals surface area contributed by atoms with E-state index in [4.69, 9.17) is 5.11 Å². The Hall–Kier alpha value is -0.870. The molecule has 1 aromatic heterocycles. The molecule has 1 heterocycles. The Morgan fingerprint density at radius 2 is 2.31 bits per heavy atom. The van der Waals surface area contributed by atoms with Crippen molar-refractivity contribution >= 4 is 17.2 Å². The van der Waals surface area contributed by atoms with Crippen LogP contribution in [0.25, 0.3) is 0 Å². The number of hydrogen-bond donors (Lipinski definition) is 2. The Balaban J connectivity index is 2.29. The largest absolute Gasteiger partial charge is 0.393 e. The van der Waals surface area contributed by atoms with Gasteiger partial charge < -0.3 is 10.4 Å². The summed E-state index contributed by atoms with van der Waals surface area (Å²) in [5.41, 5.74) is 0. The molecule has 0 aliphatic carbocycles. The Kier molecular flexibility index (Phi) is 5.49. The highest BCUT2D eigenvalue weighted by Crippen LogP contribution is 2.16. The van der Waals surface area contributed by atoms with E-state index in [0.29, 0.717) is 6.54 Å². The zero-order valence-corrected chi connectivity index (χ0v) is 10.6. The predicted molar refractivity (Wildman–Crippen MR) is 66.9 cm³/mol. The van der Waals surface area contributed by atoms with Gasteiger partial charge in [-0.05, 0) is 38.3 Å². The summed E-state index contributed by atoms with van der Waals surface area (Å²) in [6.45, 7) is 4.47. The summed E-state index contributed by atoms with van der Waals surface area (Å²) in [6, 6.07) is 3.86. The van der Waals surface area contributed by atoms with Crippen LogP contribution >= 0.6 is 11.3 Å². The molecule has 0 fully saturated rings. The van der Waals surface area contributed by atoms with Crippen LogP contribution in [-0.4, -0.2) is 23.7 Å². The number of rotatable bonds is 6. The molecule has 4 heteroatoms. The molecule has 90 valence electrons. The van der Waals surface area contributed by atoms with Gasteiger partial charge in [-0.1, -0.05) is 6.92 Å². The van der Waals surface area contributed by atoms with Crippen molar-refractivity contribution in [3.05, 3.63) is 21.9 Å².